The van der Waals surface area contributed by atoms with Crippen LogP contribution in [0.3, 0.4) is 0 Å². The summed E-state index contributed by atoms with van der Waals surface area (Å²) in [6.45, 7) is 5.55. The van der Waals surface area contributed by atoms with Gasteiger partial charge in [-0.1, -0.05) is 28.9 Å². The topological polar surface area (TPSA) is 40.5 Å². The zero-order chi connectivity index (χ0) is 14.7. The van der Waals surface area contributed by atoms with Crippen LogP contribution >= 0.6 is 15.9 Å². The summed E-state index contributed by atoms with van der Waals surface area (Å²) in [5.74, 6) is -0.161. The number of carboxylic acid groups (broad SMARTS) is 1. The minimum atomic E-state index is -0.917. The van der Waals surface area contributed by atoms with Gasteiger partial charge in [-0.25, -0.2) is 4.79 Å². The van der Waals surface area contributed by atoms with Gasteiger partial charge in [0.1, 0.15) is 0 Å². The number of carbonyl (C=O) groups is 1. The summed E-state index contributed by atoms with van der Waals surface area (Å²) in [5, 5.41) is 8.81. The minimum absolute atomic E-state index is 0.477. The van der Waals surface area contributed by atoms with Crippen molar-refractivity contribution in [3.05, 3.63) is 34.3 Å². The lowest BCUT2D eigenvalue weighted by molar-refractivity contribution is -0.131. The predicted molar refractivity (Wildman–Crippen MR) is 86.0 cm³/mol. The molecule has 1 N–H and O–H groups in total. The zero-order valence-electron chi connectivity index (χ0n) is 11.8. The average Bonchev–Trinajstić information content (AvgIpc) is 2.37. The third-order valence-corrected chi connectivity index (χ3v) is 4.34. The molecular formula is C16H20BrNO2. The summed E-state index contributed by atoms with van der Waals surface area (Å²) in [7, 11) is 0. The number of benzene rings is 1. The van der Waals surface area contributed by atoms with Crippen molar-refractivity contribution in [2.45, 2.75) is 32.7 Å². The molecule has 0 bridgehead atoms. The van der Waals surface area contributed by atoms with Gasteiger partial charge in [-0.15, -0.1) is 0 Å². The first-order valence-corrected chi connectivity index (χ1v) is 7.74. The Morgan fingerprint density at radius 1 is 1.45 bits per heavy atom. The number of piperidine rings is 1. The molecule has 0 aromatic heterocycles. The van der Waals surface area contributed by atoms with Gasteiger partial charge in [0.2, 0.25) is 0 Å². The Kier molecular flexibility index (Phi) is 4.86. The number of carboxylic acids is 1. The zero-order valence-corrected chi connectivity index (χ0v) is 13.4. The van der Waals surface area contributed by atoms with Crippen LogP contribution in [-0.4, -0.2) is 23.7 Å². The van der Waals surface area contributed by atoms with E-state index in [1.54, 1.807) is 6.08 Å². The number of halogens is 1. The van der Waals surface area contributed by atoms with Crippen molar-refractivity contribution in [2.24, 2.45) is 5.92 Å². The van der Waals surface area contributed by atoms with Crippen molar-refractivity contribution in [1.82, 2.24) is 0 Å². The second-order valence-electron chi connectivity index (χ2n) is 5.55. The molecule has 1 aromatic carbocycles. The fraction of sp³-hybridized carbons (Fsp3) is 0.438. The molecule has 0 spiro atoms. The predicted octanol–water partition coefficient (Wildman–Crippen LogP) is 4.17. The Hall–Kier alpha value is -1.29. The van der Waals surface area contributed by atoms with Crippen LogP contribution in [0.5, 0.6) is 0 Å². The van der Waals surface area contributed by atoms with Crippen LogP contribution in [0.4, 0.5) is 5.69 Å². The molecular weight excluding hydrogens is 318 g/mol. The molecule has 1 aromatic rings. The van der Waals surface area contributed by atoms with Crippen LogP contribution in [0, 0.1) is 5.92 Å². The smallest absolute Gasteiger partial charge is 0.328 e. The third kappa shape index (κ3) is 3.63. The van der Waals surface area contributed by atoms with Gasteiger partial charge in [-0.3, -0.25) is 0 Å². The lowest BCUT2D eigenvalue weighted by atomic mass is 9.92. The highest BCUT2D eigenvalue weighted by molar-refractivity contribution is 9.10. The highest BCUT2D eigenvalue weighted by atomic mass is 79.9. The van der Waals surface area contributed by atoms with Gasteiger partial charge >= 0.3 is 5.97 Å². The first-order valence-electron chi connectivity index (χ1n) is 6.94. The van der Waals surface area contributed by atoms with Gasteiger partial charge in [-0.05, 0) is 49.5 Å². The van der Waals surface area contributed by atoms with Gasteiger partial charge < -0.3 is 10.0 Å². The Labute approximate surface area is 128 Å². The van der Waals surface area contributed by atoms with E-state index in [0.717, 1.165) is 28.2 Å². The van der Waals surface area contributed by atoms with E-state index in [2.05, 4.69) is 40.7 Å². The normalized spacial score (nSPS) is 23.2. The van der Waals surface area contributed by atoms with E-state index in [9.17, 15) is 4.79 Å². The number of hydrogen-bond acceptors (Lipinski definition) is 2. The van der Waals surface area contributed by atoms with E-state index in [0.29, 0.717) is 6.04 Å². The van der Waals surface area contributed by atoms with Crippen LogP contribution < -0.4 is 4.90 Å². The maximum atomic E-state index is 10.7. The summed E-state index contributed by atoms with van der Waals surface area (Å²) in [6, 6.07) is 6.46. The molecule has 1 aliphatic heterocycles. The number of nitrogens with zero attached hydrogens (tertiary/aromatic N) is 1. The summed E-state index contributed by atoms with van der Waals surface area (Å²) in [5.41, 5.74) is 2.06. The lowest BCUT2D eigenvalue weighted by Crippen LogP contribution is -2.40. The standard InChI is InChI=1S/C16H20BrNO2/c1-11-7-8-18(12(2)9-11)15-10-14(17)5-3-13(15)4-6-16(19)20/h3-6,10-12H,7-9H2,1-2H3,(H,19,20). The van der Waals surface area contributed by atoms with Crippen molar-refractivity contribution in [1.29, 1.82) is 0 Å². The highest BCUT2D eigenvalue weighted by Crippen LogP contribution is 2.32. The Morgan fingerprint density at radius 2 is 2.20 bits per heavy atom. The van der Waals surface area contributed by atoms with Crippen LogP contribution in [0.15, 0.2) is 28.7 Å². The fourth-order valence-corrected chi connectivity index (χ4v) is 3.18. The Morgan fingerprint density at radius 3 is 2.85 bits per heavy atom. The monoisotopic (exact) mass is 337 g/mol. The maximum Gasteiger partial charge on any atom is 0.328 e. The SMILES string of the molecule is CC1CCN(c2cc(Br)ccc2C=CC(=O)O)C(C)C1. The van der Waals surface area contributed by atoms with Crippen molar-refractivity contribution < 1.29 is 9.90 Å². The summed E-state index contributed by atoms with van der Waals surface area (Å²) in [4.78, 5) is 13.1. The molecule has 4 heteroatoms. The maximum absolute atomic E-state index is 10.7. The molecule has 2 atom stereocenters. The molecule has 1 saturated heterocycles. The lowest BCUT2D eigenvalue weighted by Gasteiger charge is -2.39. The third-order valence-electron chi connectivity index (χ3n) is 3.85. The van der Waals surface area contributed by atoms with Gasteiger partial charge in [0.15, 0.2) is 0 Å². The largest absolute Gasteiger partial charge is 0.478 e. The summed E-state index contributed by atoms with van der Waals surface area (Å²) in [6.07, 6.45) is 5.23. The van der Waals surface area contributed by atoms with Crippen LogP contribution in [0.1, 0.15) is 32.3 Å². The molecule has 0 aliphatic carbocycles. The van der Waals surface area contributed by atoms with E-state index in [1.807, 2.05) is 12.1 Å². The first-order chi connectivity index (χ1) is 9.47. The second kappa shape index (κ2) is 6.44. The molecule has 0 saturated carbocycles. The highest BCUT2D eigenvalue weighted by Gasteiger charge is 2.24. The van der Waals surface area contributed by atoms with E-state index < -0.39 is 5.97 Å². The van der Waals surface area contributed by atoms with Crippen molar-refractivity contribution >= 4 is 33.7 Å². The molecule has 0 amide bonds. The van der Waals surface area contributed by atoms with Crippen molar-refractivity contribution in [2.75, 3.05) is 11.4 Å². The molecule has 2 unspecified atom stereocenters. The number of rotatable bonds is 3. The Balaban J connectivity index is 2.34. The van der Waals surface area contributed by atoms with Crippen molar-refractivity contribution in [3.8, 4) is 0 Å². The van der Waals surface area contributed by atoms with Crippen LogP contribution in [0.2, 0.25) is 0 Å². The molecule has 2 rings (SSSR count). The van der Waals surface area contributed by atoms with Gasteiger partial charge in [-0.2, -0.15) is 0 Å². The summed E-state index contributed by atoms with van der Waals surface area (Å²) < 4.78 is 1.02. The minimum Gasteiger partial charge on any atom is -0.478 e. The second-order valence-corrected chi connectivity index (χ2v) is 6.46. The van der Waals surface area contributed by atoms with E-state index in [1.165, 1.54) is 18.9 Å². The van der Waals surface area contributed by atoms with Crippen molar-refractivity contribution in [3.63, 3.8) is 0 Å². The van der Waals surface area contributed by atoms with E-state index in [4.69, 9.17) is 5.11 Å². The molecule has 3 nitrogen and oxygen atoms in total. The van der Waals surface area contributed by atoms with Crippen LogP contribution in [-0.2, 0) is 4.79 Å². The quantitative estimate of drug-likeness (QED) is 0.841. The Bertz CT molecular complexity index is 527. The average molecular weight is 338 g/mol. The molecule has 1 heterocycles. The number of hydrogen-bond donors (Lipinski definition) is 1. The van der Waals surface area contributed by atoms with E-state index >= 15 is 0 Å². The van der Waals surface area contributed by atoms with E-state index in [-0.39, 0.29) is 0 Å². The van der Waals surface area contributed by atoms with Gasteiger partial charge in [0, 0.05) is 28.8 Å². The summed E-state index contributed by atoms with van der Waals surface area (Å²) >= 11 is 3.51. The molecule has 108 valence electrons. The first kappa shape index (κ1) is 15.1. The molecule has 0 radical (unpaired) electrons. The van der Waals surface area contributed by atoms with Gasteiger partial charge in [0.05, 0.1) is 0 Å². The van der Waals surface area contributed by atoms with Crippen LogP contribution in [0.25, 0.3) is 6.08 Å². The fourth-order valence-electron chi connectivity index (χ4n) is 2.83. The molecule has 20 heavy (non-hydrogen) atoms. The molecule has 1 aliphatic rings. The van der Waals surface area contributed by atoms with Gasteiger partial charge in [0.25, 0.3) is 0 Å². The number of anilines is 1. The molecule has 1 fully saturated rings. The number of aliphatic carboxylic acids is 1.